The van der Waals surface area contributed by atoms with Gasteiger partial charge in [0.15, 0.2) is 0 Å². The maximum atomic E-state index is 12.9. The molecule has 1 aromatic heterocycles. The highest BCUT2D eigenvalue weighted by Crippen LogP contribution is 2.33. The molecule has 0 aliphatic carbocycles. The zero-order valence-corrected chi connectivity index (χ0v) is 21.6. The SMILES string of the molecule is Nc1ncnc(NCC2CCN(C(=O)C=CCN3CC(F)(F)C3)CC2)c1-c1ccc(Oc2ccccc2)cc1. The van der Waals surface area contributed by atoms with Gasteiger partial charge in [-0.25, -0.2) is 18.7 Å². The second-order valence-electron chi connectivity index (χ2n) is 10.00. The number of hydrogen-bond donors (Lipinski definition) is 2. The molecule has 3 aromatic rings. The fourth-order valence-electron chi connectivity index (χ4n) is 4.88. The number of rotatable bonds is 9. The highest BCUT2D eigenvalue weighted by molar-refractivity contribution is 5.87. The number of nitrogen functional groups attached to an aromatic ring is 1. The molecule has 1 amide bonds. The minimum Gasteiger partial charge on any atom is -0.457 e. The third-order valence-corrected chi connectivity index (χ3v) is 7.02. The van der Waals surface area contributed by atoms with E-state index in [0.29, 0.717) is 49.5 Å². The number of nitrogens with zero attached hydrogens (tertiary/aromatic N) is 4. The van der Waals surface area contributed by atoms with Gasteiger partial charge in [-0.05, 0) is 48.6 Å². The van der Waals surface area contributed by atoms with Crippen molar-refractivity contribution in [1.29, 1.82) is 0 Å². The molecule has 3 heterocycles. The maximum absolute atomic E-state index is 12.9. The molecule has 0 atom stereocenters. The summed E-state index contributed by atoms with van der Waals surface area (Å²) < 4.78 is 31.7. The lowest BCUT2D eigenvalue weighted by molar-refractivity contribution is -0.127. The van der Waals surface area contributed by atoms with Crippen LogP contribution in [0.5, 0.6) is 11.5 Å². The lowest BCUT2D eigenvalue weighted by atomic mass is 9.96. The summed E-state index contributed by atoms with van der Waals surface area (Å²) in [6, 6.07) is 17.2. The Balaban J connectivity index is 1.12. The van der Waals surface area contributed by atoms with E-state index in [1.807, 2.05) is 59.5 Å². The smallest absolute Gasteiger partial charge is 0.272 e. The fourth-order valence-corrected chi connectivity index (χ4v) is 4.88. The number of carbonyl (C=O) groups excluding carboxylic acids is 1. The van der Waals surface area contributed by atoms with Gasteiger partial charge in [-0.2, -0.15) is 0 Å². The van der Waals surface area contributed by atoms with Crippen LogP contribution < -0.4 is 15.8 Å². The Hall–Kier alpha value is -4.05. The van der Waals surface area contributed by atoms with Crippen molar-refractivity contribution in [2.24, 2.45) is 5.92 Å². The van der Waals surface area contributed by atoms with Crippen molar-refractivity contribution in [2.45, 2.75) is 18.8 Å². The molecule has 0 saturated carbocycles. The number of halogens is 2. The molecule has 10 heteroatoms. The van der Waals surface area contributed by atoms with Crippen LogP contribution in [0.4, 0.5) is 20.4 Å². The van der Waals surface area contributed by atoms with Gasteiger partial charge in [-0.3, -0.25) is 9.69 Å². The van der Waals surface area contributed by atoms with Gasteiger partial charge in [0, 0.05) is 32.3 Å². The minimum absolute atomic E-state index is 0.0701. The Labute approximate surface area is 226 Å². The molecule has 0 unspecified atom stereocenters. The van der Waals surface area contributed by atoms with Crippen LogP contribution in [-0.2, 0) is 4.79 Å². The van der Waals surface area contributed by atoms with Gasteiger partial charge in [0.2, 0.25) is 5.91 Å². The summed E-state index contributed by atoms with van der Waals surface area (Å²) in [5, 5.41) is 3.44. The van der Waals surface area contributed by atoms with Crippen LogP contribution in [-0.4, -0.2) is 70.9 Å². The number of alkyl halides is 2. The van der Waals surface area contributed by atoms with E-state index < -0.39 is 5.92 Å². The number of nitrogens with two attached hydrogens (primary N) is 1. The molecule has 204 valence electrons. The molecule has 5 rings (SSSR count). The number of nitrogens with one attached hydrogen (secondary N) is 1. The van der Waals surface area contributed by atoms with Crippen LogP contribution in [0.3, 0.4) is 0 Å². The number of anilines is 2. The molecule has 2 fully saturated rings. The molecular formula is C29H32F2N6O2. The van der Waals surface area contributed by atoms with Gasteiger partial charge in [0.1, 0.15) is 29.5 Å². The van der Waals surface area contributed by atoms with E-state index in [-0.39, 0.29) is 19.0 Å². The first-order valence-electron chi connectivity index (χ1n) is 13.1. The van der Waals surface area contributed by atoms with E-state index >= 15 is 0 Å². The van der Waals surface area contributed by atoms with Crippen LogP contribution in [0.2, 0.25) is 0 Å². The third-order valence-electron chi connectivity index (χ3n) is 7.02. The van der Waals surface area contributed by atoms with Crippen molar-refractivity contribution in [3.05, 3.63) is 73.1 Å². The number of carbonyl (C=O) groups is 1. The summed E-state index contributed by atoms with van der Waals surface area (Å²) in [6.07, 6.45) is 6.33. The van der Waals surface area contributed by atoms with Crippen molar-refractivity contribution in [1.82, 2.24) is 19.8 Å². The number of para-hydroxylation sites is 1. The lowest BCUT2D eigenvalue weighted by Crippen LogP contribution is -2.55. The quantitative estimate of drug-likeness (QED) is 0.385. The van der Waals surface area contributed by atoms with Crippen LogP contribution in [0.15, 0.2) is 73.1 Å². The third kappa shape index (κ3) is 6.88. The maximum Gasteiger partial charge on any atom is 0.272 e. The highest BCUT2D eigenvalue weighted by atomic mass is 19.3. The first kappa shape index (κ1) is 26.6. The summed E-state index contributed by atoms with van der Waals surface area (Å²) in [6.45, 7) is 1.89. The largest absolute Gasteiger partial charge is 0.457 e. The van der Waals surface area contributed by atoms with Gasteiger partial charge in [0.25, 0.3) is 5.92 Å². The zero-order chi connectivity index (χ0) is 27.2. The summed E-state index contributed by atoms with van der Waals surface area (Å²) in [5.74, 6) is 0.238. The van der Waals surface area contributed by atoms with E-state index in [4.69, 9.17) is 10.5 Å². The molecule has 2 aliphatic rings. The van der Waals surface area contributed by atoms with Crippen molar-refractivity contribution >= 4 is 17.5 Å². The number of likely N-dealkylation sites (tertiary alicyclic amines) is 2. The van der Waals surface area contributed by atoms with Gasteiger partial charge in [-0.15, -0.1) is 0 Å². The Bertz CT molecular complexity index is 1290. The predicted octanol–water partition coefficient (Wildman–Crippen LogP) is 4.68. The second kappa shape index (κ2) is 11.8. The van der Waals surface area contributed by atoms with Crippen LogP contribution in [0.25, 0.3) is 11.1 Å². The number of amides is 1. The van der Waals surface area contributed by atoms with Crippen molar-refractivity contribution in [2.75, 3.05) is 50.3 Å². The number of piperidine rings is 1. The lowest BCUT2D eigenvalue weighted by Gasteiger charge is -2.37. The molecule has 8 nitrogen and oxygen atoms in total. The van der Waals surface area contributed by atoms with Crippen molar-refractivity contribution in [3.8, 4) is 22.6 Å². The number of hydrogen-bond acceptors (Lipinski definition) is 7. The first-order chi connectivity index (χ1) is 18.9. The monoisotopic (exact) mass is 534 g/mol. The van der Waals surface area contributed by atoms with E-state index in [2.05, 4.69) is 15.3 Å². The predicted molar refractivity (Wildman–Crippen MR) is 147 cm³/mol. The number of benzene rings is 2. The molecule has 0 bridgehead atoms. The molecule has 3 N–H and O–H groups in total. The zero-order valence-electron chi connectivity index (χ0n) is 21.6. The van der Waals surface area contributed by atoms with Gasteiger partial charge < -0.3 is 20.7 Å². The van der Waals surface area contributed by atoms with E-state index in [0.717, 1.165) is 29.7 Å². The molecule has 39 heavy (non-hydrogen) atoms. The Kier molecular flexibility index (Phi) is 8.02. The summed E-state index contributed by atoms with van der Waals surface area (Å²) >= 11 is 0. The average molecular weight is 535 g/mol. The van der Waals surface area contributed by atoms with E-state index in [1.54, 1.807) is 11.0 Å². The van der Waals surface area contributed by atoms with Crippen molar-refractivity contribution < 1.29 is 18.3 Å². The average Bonchev–Trinajstić information content (AvgIpc) is 2.92. The van der Waals surface area contributed by atoms with Crippen LogP contribution in [0.1, 0.15) is 12.8 Å². The molecule has 2 aromatic carbocycles. The van der Waals surface area contributed by atoms with Crippen LogP contribution >= 0.6 is 0 Å². The highest BCUT2D eigenvalue weighted by Gasteiger charge is 2.42. The summed E-state index contributed by atoms with van der Waals surface area (Å²) in [4.78, 5) is 24.5. The minimum atomic E-state index is -2.59. The molecule has 2 saturated heterocycles. The fraction of sp³-hybridized carbons (Fsp3) is 0.345. The van der Waals surface area contributed by atoms with E-state index in [9.17, 15) is 13.6 Å². The molecule has 2 aliphatic heterocycles. The molecular weight excluding hydrogens is 502 g/mol. The van der Waals surface area contributed by atoms with E-state index in [1.165, 1.54) is 12.4 Å². The van der Waals surface area contributed by atoms with Gasteiger partial charge in [-0.1, -0.05) is 36.4 Å². The molecule has 0 spiro atoms. The Morgan fingerprint density at radius 2 is 1.74 bits per heavy atom. The number of aromatic nitrogens is 2. The number of ether oxygens (including phenoxy) is 1. The van der Waals surface area contributed by atoms with Crippen molar-refractivity contribution in [3.63, 3.8) is 0 Å². The topological polar surface area (TPSA) is 96.6 Å². The summed E-state index contributed by atoms with van der Waals surface area (Å²) in [7, 11) is 0. The Morgan fingerprint density at radius 1 is 1.05 bits per heavy atom. The standard InChI is InChI=1S/C29H32F2N6O2/c30-29(31)18-36(19-29)14-4-7-25(38)37-15-12-21(13-16-37)17-33-28-26(27(32)34-20-35-28)22-8-10-24(11-9-22)39-23-5-2-1-3-6-23/h1-11,20-21H,12-19H2,(H3,32,33,34,35). The van der Waals surface area contributed by atoms with Gasteiger partial charge in [0.05, 0.1) is 18.7 Å². The normalized spacial score (nSPS) is 17.6. The van der Waals surface area contributed by atoms with Gasteiger partial charge >= 0.3 is 0 Å². The second-order valence-corrected chi connectivity index (χ2v) is 10.00. The summed E-state index contributed by atoms with van der Waals surface area (Å²) in [5.41, 5.74) is 7.86. The molecule has 0 radical (unpaired) electrons. The Morgan fingerprint density at radius 3 is 2.44 bits per heavy atom. The van der Waals surface area contributed by atoms with Crippen LogP contribution in [0, 0.1) is 5.92 Å². The first-order valence-corrected chi connectivity index (χ1v) is 13.1.